The van der Waals surface area contributed by atoms with Gasteiger partial charge in [0.2, 0.25) is 0 Å². The van der Waals surface area contributed by atoms with E-state index in [4.69, 9.17) is 20.2 Å². The zero-order valence-electron chi connectivity index (χ0n) is 35.1. The number of piperidine rings is 3. The minimum Gasteiger partial charge on any atom is -0.381 e. The second-order valence-corrected chi connectivity index (χ2v) is 15.9. The van der Waals surface area contributed by atoms with E-state index in [2.05, 4.69) is 69.2 Å². The van der Waals surface area contributed by atoms with Crippen LogP contribution in [0, 0.1) is 17.8 Å². The number of aromatic nitrogens is 3. The van der Waals surface area contributed by atoms with Crippen molar-refractivity contribution in [2.45, 2.75) is 90.8 Å². The molecule has 8 nitrogen and oxygen atoms in total. The molecule has 0 saturated carbocycles. The molecular weight excluding hydrogens is 739 g/mol. The van der Waals surface area contributed by atoms with E-state index in [1.807, 2.05) is 79.4 Å². The SMILES string of the molecule is C.CCC1CCOCC1.NC(CC1CCOCC1)c1cccnc1.[2HH].[B].c1ccc(C(=NCc2cccnc2)c2ccccc2)cc1.c1cncc(C2CC3CCN2CC3)c1. The number of nitrogens with zero attached hydrogens (tertiary/aromatic N) is 5. The summed E-state index contributed by atoms with van der Waals surface area (Å²) in [7, 11) is 0. The number of fused-ring (bicyclic) bond motifs is 3. The summed E-state index contributed by atoms with van der Waals surface area (Å²) in [6.07, 6.45) is 22.6. The Hall–Kier alpha value is -4.54. The van der Waals surface area contributed by atoms with Crippen molar-refractivity contribution in [2.24, 2.45) is 28.5 Å². The molecule has 2 atom stereocenters. The van der Waals surface area contributed by atoms with Crippen LogP contribution in [0.2, 0.25) is 0 Å². The summed E-state index contributed by atoms with van der Waals surface area (Å²) in [5.41, 5.74) is 13.1. The number of pyridine rings is 3. The van der Waals surface area contributed by atoms with E-state index in [-0.39, 0.29) is 23.3 Å². The predicted molar refractivity (Wildman–Crippen MR) is 250 cm³/mol. The Kier molecular flexibility index (Phi) is 21.9. The largest absolute Gasteiger partial charge is 0.381 e. The van der Waals surface area contributed by atoms with Crippen LogP contribution in [0.3, 0.4) is 0 Å². The van der Waals surface area contributed by atoms with Crippen molar-refractivity contribution in [2.75, 3.05) is 39.5 Å². The van der Waals surface area contributed by atoms with Gasteiger partial charge in [0.25, 0.3) is 0 Å². The summed E-state index contributed by atoms with van der Waals surface area (Å²) in [5, 5.41) is 0. The summed E-state index contributed by atoms with van der Waals surface area (Å²) < 4.78 is 10.5. The minimum atomic E-state index is 0. The topological polar surface area (TPSA) is 98.8 Å². The van der Waals surface area contributed by atoms with Crippen LogP contribution in [0.15, 0.2) is 139 Å². The summed E-state index contributed by atoms with van der Waals surface area (Å²) in [4.78, 5) is 19.9. The van der Waals surface area contributed by atoms with Gasteiger partial charge in [-0.2, -0.15) is 0 Å². The van der Waals surface area contributed by atoms with Crippen molar-refractivity contribution >= 4 is 14.1 Å². The monoisotopic (exact) mass is 811 g/mol. The number of benzene rings is 2. The lowest BCUT2D eigenvalue weighted by Gasteiger charge is -2.45. The first kappa shape index (κ1) is 48.1. The van der Waals surface area contributed by atoms with Gasteiger partial charge in [-0.05, 0) is 117 Å². The van der Waals surface area contributed by atoms with Gasteiger partial charge in [0.05, 0.1) is 12.3 Å². The molecule has 2 unspecified atom stereocenters. The van der Waals surface area contributed by atoms with Crippen molar-refractivity contribution < 1.29 is 10.9 Å². The van der Waals surface area contributed by atoms with E-state index < -0.39 is 0 Å². The van der Waals surface area contributed by atoms with E-state index >= 15 is 0 Å². The molecule has 5 aliphatic heterocycles. The number of rotatable bonds is 9. The fraction of sp³-hybridized carbons (Fsp3) is 0.451. The fourth-order valence-corrected chi connectivity index (χ4v) is 8.32. The highest BCUT2D eigenvalue weighted by Crippen LogP contribution is 2.40. The fourth-order valence-electron chi connectivity index (χ4n) is 8.32. The van der Waals surface area contributed by atoms with E-state index in [1.54, 1.807) is 12.4 Å². The summed E-state index contributed by atoms with van der Waals surface area (Å²) in [5.74, 6) is 2.66. The van der Waals surface area contributed by atoms with Gasteiger partial charge >= 0.3 is 0 Å². The molecule has 10 rings (SSSR count). The molecule has 60 heavy (non-hydrogen) atoms. The number of ether oxygens (including phenoxy) is 2. The van der Waals surface area contributed by atoms with Gasteiger partial charge in [-0.25, -0.2) is 0 Å². The molecule has 5 fully saturated rings. The Morgan fingerprint density at radius 2 is 1.25 bits per heavy atom. The predicted octanol–water partition coefficient (Wildman–Crippen LogP) is 10.6. The van der Waals surface area contributed by atoms with Gasteiger partial charge in [-0.1, -0.05) is 99.6 Å². The average molecular weight is 811 g/mol. The molecule has 5 aromatic rings. The zero-order chi connectivity index (χ0) is 40.0. The third-order valence-corrected chi connectivity index (χ3v) is 11.9. The number of nitrogens with two attached hydrogens (primary N) is 1. The number of aliphatic imine (C=N–C) groups is 1. The molecule has 0 amide bonds. The van der Waals surface area contributed by atoms with E-state index in [1.165, 1.54) is 57.2 Å². The third-order valence-electron chi connectivity index (χ3n) is 11.9. The first-order valence-corrected chi connectivity index (χ1v) is 21.6. The zero-order valence-corrected chi connectivity index (χ0v) is 35.1. The van der Waals surface area contributed by atoms with Crippen LogP contribution < -0.4 is 5.73 Å². The van der Waals surface area contributed by atoms with Gasteiger partial charge in [-0.15, -0.1) is 0 Å². The highest BCUT2D eigenvalue weighted by Gasteiger charge is 2.34. The first-order chi connectivity index (χ1) is 28.7. The van der Waals surface area contributed by atoms with Crippen LogP contribution in [0.1, 0.15) is 113 Å². The Morgan fingerprint density at radius 3 is 1.72 bits per heavy atom. The molecule has 0 spiro atoms. The molecule has 5 aliphatic rings. The normalized spacial score (nSPS) is 20.1. The second kappa shape index (κ2) is 27.3. The molecule has 0 aliphatic carbocycles. The Morgan fingerprint density at radius 1 is 0.700 bits per heavy atom. The van der Waals surface area contributed by atoms with Crippen molar-refractivity contribution in [1.29, 1.82) is 0 Å². The van der Waals surface area contributed by atoms with Crippen molar-refractivity contribution in [3.8, 4) is 0 Å². The molecule has 2 aromatic carbocycles. The van der Waals surface area contributed by atoms with Crippen molar-refractivity contribution in [3.05, 3.63) is 162 Å². The maximum absolute atomic E-state index is 6.15. The molecule has 2 bridgehead atoms. The third kappa shape index (κ3) is 15.8. The summed E-state index contributed by atoms with van der Waals surface area (Å²) >= 11 is 0. The summed E-state index contributed by atoms with van der Waals surface area (Å²) in [6, 6.07) is 33.6. The number of hydrogen-bond donors (Lipinski definition) is 1. The molecular formula is C51H70BN6O2. The second-order valence-electron chi connectivity index (χ2n) is 15.9. The van der Waals surface area contributed by atoms with Crippen LogP contribution in [0.25, 0.3) is 0 Å². The van der Waals surface area contributed by atoms with Crippen LogP contribution >= 0.6 is 0 Å². The molecule has 3 aromatic heterocycles. The lowest BCUT2D eigenvalue weighted by atomic mass is 9.81. The van der Waals surface area contributed by atoms with Gasteiger partial charge < -0.3 is 15.2 Å². The number of hydrogen-bond acceptors (Lipinski definition) is 8. The lowest BCUT2D eigenvalue weighted by molar-refractivity contribution is 0.0489. The smallest absolute Gasteiger partial charge is 0.0723 e. The van der Waals surface area contributed by atoms with Crippen molar-refractivity contribution in [3.63, 3.8) is 0 Å². The highest BCUT2D eigenvalue weighted by atomic mass is 16.5. The van der Waals surface area contributed by atoms with Crippen LogP contribution in [0.5, 0.6) is 0 Å². The van der Waals surface area contributed by atoms with Crippen LogP contribution in [0.4, 0.5) is 0 Å². The molecule has 5 saturated heterocycles. The van der Waals surface area contributed by atoms with Gasteiger partial charge in [0.1, 0.15) is 0 Å². The molecule has 3 radical (unpaired) electrons. The molecule has 8 heterocycles. The average Bonchev–Trinajstić information content (AvgIpc) is 3.32. The Balaban J connectivity index is 0.000000223. The highest BCUT2D eigenvalue weighted by molar-refractivity contribution is 6.12. The summed E-state index contributed by atoms with van der Waals surface area (Å²) in [6.45, 7) is 9.27. The van der Waals surface area contributed by atoms with Crippen LogP contribution in [-0.4, -0.2) is 73.5 Å². The van der Waals surface area contributed by atoms with Gasteiger partial charge in [-0.3, -0.25) is 24.8 Å². The van der Waals surface area contributed by atoms with E-state index in [0.29, 0.717) is 18.5 Å². The lowest BCUT2D eigenvalue weighted by Crippen LogP contribution is -2.43. The maximum atomic E-state index is 6.15. The molecule has 319 valence electrons. The molecule has 9 heteroatoms. The Bertz CT molecular complexity index is 1800. The van der Waals surface area contributed by atoms with Gasteiger partial charge in [0, 0.05) is 96.7 Å². The van der Waals surface area contributed by atoms with E-state index in [9.17, 15) is 0 Å². The molecule has 2 N–H and O–H groups in total. The minimum absolute atomic E-state index is 0. The first-order valence-electron chi connectivity index (χ1n) is 21.6. The van der Waals surface area contributed by atoms with Crippen LogP contribution in [-0.2, 0) is 16.0 Å². The maximum Gasteiger partial charge on any atom is 0.0723 e. The van der Waals surface area contributed by atoms with Gasteiger partial charge in [0.15, 0.2) is 0 Å². The van der Waals surface area contributed by atoms with Crippen molar-refractivity contribution in [1.82, 2.24) is 19.9 Å². The van der Waals surface area contributed by atoms with E-state index in [0.717, 1.165) is 85.5 Å². The quantitative estimate of drug-likeness (QED) is 0.117. The Labute approximate surface area is 364 Å². The standard InChI is InChI=1S/C19H16N2.C12H18N2O.C12H16N2.C7H14O.CH4.B.H2/c1-3-9-17(10-4-1)19(18-11-5-2-6-12-18)21-15-16-8-7-13-20-14-16;13-12(11-2-1-5-14-9-11)8-10-3-6-15-7-4-10;1-2-11(9-13-5-1)12-8-10-3-6-14(12)7-4-10;1-2-7-3-5-8-6-4-7;;;/h1-14H,15H2;1-2,5,9-10,12H,3-4,6-8,13H2;1-2,5,9-10,12H,3-4,6-8H2;7H,2-6H2,1H3;1H4;;1H/i;;;;;;1+1.